The van der Waals surface area contributed by atoms with E-state index in [-0.39, 0.29) is 0 Å². The summed E-state index contributed by atoms with van der Waals surface area (Å²) in [6.45, 7) is 1.19. The molecule has 164 valence electrons. The molecule has 0 spiro atoms. The van der Waals surface area contributed by atoms with Crippen LogP contribution in [0.5, 0.6) is 11.5 Å². The van der Waals surface area contributed by atoms with E-state index in [1.54, 1.807) is 31.2 Å². The molecule has 32 heavy (non-hydrogen) atoms. The molecule has 3 aromatic carbocycles. The van der Waals surface area contributed by atoms with Crippen LogP contribution in [0.2, 0.25) is 0 Å². The molecule has 0 bridgehead atoms. The third-order valence-electron chi connectivity index (χ3n) is 5.57. The Labute approximate surface area is 185 Å². The lowest BCUT2D eigenvalue weighted by Gasteiger charge is -2.23. The summed E-state index contributed by atoms with van der Waals surface area (Å²) >= 11 is 0. The number of anilines is 1. The number of fused-ring (bicyclic) bond motifs is 1. The first kappa shape index (κ1) is 21.2. The molecule has 1 heterocycles. The van der Waals surface area contributed by atoms with Crippen molar-refractivity contribution in [2.75, 3.05) is 26.1 Å². The van der Waals surface area contributed by atoms with Crippen LogP contribution in [0.3, 0.4) is 0 Å². The number of carbonyl (C=O) groups is 3. The lowest BCUT2D eigenvalue weighted by molar-refractivity contribution is -0.133. The number of hydrogen-bond acceptors (Lipinski definition) is 5. The zero-order valence-corrected chi connectivity index (χ0v) is 18.0. The van der Waals surface area contributed by atoms with Crippen molar-refractivity contribution in [3.05, 3.63) is 66.2 Å². The zero-order chi connectivity index (χ0) is 22.9. The minimum Gasteiger partial charge on any atom is -0.493 e. The number of hydrogen-bond donors (Lipinski definition) is 2. The molecule has 0 unspecified atom stereocenters. The second-order valence-electron chi connectivity index (χ2n) is 7.63. The number of nitrogens with zero attached hydrogens (tertiary/aromatic N) is 1. The second-order valence-corrected chi connectivity index (χ2v) is 7.63. The highest BCUT2D eigenvalue weighted by Gasteiger charge is 2.49. The molecule has 1 saturated heterocycles. The molecule has 4 amide bonds. The largest absolute Gasteiger partial charge is 0.493 e. The van der Waals surface area contributed by atoms with E-state index in [0.717, 1.165) is 15.7 Å². The third kappa shape index (κ3) is 3.71. The number of ether oxygens (including phenoxy) is 2. The summed E-state index contributed by atoms with van der Waals surface area (Å²) in [5, 5.41) is 7.46. The van der Waals surface area contributed by atoms with Crippen LogP contribution in [-0.4, -0.2) is 43.5 Å². The molecule has 1 fully saturated rings. The fourth-order valence-electron chi connectivity index (χ4n) is 3.79. The Balaban J connectivity index is 1.51. The number of urea groups is 1. The second kappa shape index (κ2) is 8.22. The van der Waals surface area contributed by atoms with Gasteiger partial charge in [0.25, 0.3) is 5.91 Å². The molecular formula is C24H23N3O5. The highest BCUT2D eigenvalue weighted by molar-refractivity contribution is 6.10. The Hall–Kier alpha value is -4.07. The molecule has 0 radical (unpaired) electrons. The molecule has 8 heteroatoms. The van der Waals surface area contributed by atoms with Gasteiger partial charge in [0, 0.05) is 5.69 Å². The van der Waals surface area contributed by atoms with E-state index >= 15 is 0 Å². The fraction of sp³-hybridized carbons (Fsp3) is 0.208. The van der Waals surface area contributed by atoms with Crippen LogP contribution < -0.4 is 20.1 Å². The topological polar surface area (TPSA) is 97.0 Å². The molecule has 4 rings (SSSR count). The van der Waals surface area contributed by atoms with E-state index < -0.39 is 29.9 Å². The van der Waals surface area contributed by atoms with Crippen LogP contribution in [0.25, 0.3) is 10.8 Å². The predicted octanol–water partition coefficient (Wildman–Crippen LogP) is 3.26. The van der Waals surface area contributed by atoms with E-state index in [2.05, 4.69) is 10.6 Å². The molecule has 0 aromatic heterocycles. The van der Waals surface area contributed by atoms with E-state index in [9.17, 15) is 14.4 Å². The van der Waals surface area contributed by atoms with Gasteiger partial charge >= 0.3 is 6.03 Å². The monoisotopic (exact) mass is 433 g/mol. The van der Waals surface area contributed by atoms with Crippen molar-refractivity contribution in [2.45, 2.75) is 12.5 Å². The summed E-state index contributed by atoms with van der Waals surface area (Å²) in [5.74, 6) is -0.0623. The highest BCUT2D eigenvalue weighted by Crippen LogP contribution is 2.35. The molecule has 2 N–H and O–H groups in total. The number of nitrogens with one attached hydrogen (secondary N) is 2. The summed E-state index contributed by atoms with van der Waals surface area (Å²) in [6, 6.07) is 17.6. The standard InChI is InChI=1S/C24H23N3O5/c1-24(17-9-11-19(31-2)20(13-17)32-3)22(29)27(23(30)26-24)14-21(28)25-18-10-8-15-6-4-5-7-16(15)12-18/h4-13H,14H2,1-3H3,(H,25,28)(H,26,30)/t24-/m0/s1. The molecule has 3 aromatic rings. The van der Waals surface area contributed by atoms with Gasteiger partial charge in [0.05, 0.1) is 14.2 Å². The minimum atomic E-state index is -1.33. The van der Waals surface area contributed by atoms with Crippen molar-refractivity contribution in [3.63, 3.8) is 0 Å². The first-order chi connectivity index (χ1) is 15.4. The van der Waals surface area contributed by atoms with E-state index in [1.807, 2.05) is 36.4 Å². The van der Waals surface area contributed by atoms with Gasteiger partial charge in [-0.1, -0.05) is 36.4 Å². The number of benzene rings is 3. The summed E-state index contributed by atoms with van der Waals surface area (Å²) in [5.41, 5.74) is -0.228. The van der Waals surface area contributed by atoms with Gasteiger partial charge in [-0.25, -0.2) is 4.79 Å². The SMILES string of the molecule is COc1ccc([C@]2(C)NC(=O)N(CC(=O)Nc3ccc4ccccc4c3)C2=O)cc1OC. The summed E-state index contributed by atoms with van der Waals surface area (Å²) in [7, 11) is 3.00. The third-order valence-corrected chi connectivity index (χ3v) is 5.57. The van der Waals surface area contributed by atoms with Crippen molar-refractivity contribution in [1.29, 1.82) is 0 Å². The minimum absolute atomic E-state index is 0.402. The lowest BCUT2D eigenvalue weighted by Crippen LogP contribution is -2.42. The Morgan fingerprint density at radius 1 is 0.969 bits per heavy atom. The molecule has 0 aliphatic carbocycles. The molecule has 1 atom stereocenters. The van der Waals surface area contributed by atoms with Gasteiger partial charge in [-0.05, 0) is 47.5 Å². The van der Waals surface area contributed by atoms with Gasteiger partial charge in [-0.2, -0.15) is 0 Å². The summed E-state index contributed by atoms with van der Waals surface area (Å²) < 4.78 is 10.5. The van der Waals surface area contributed by atoms with Gasteiger partial charge in [-0.3, -0.25) is 14.5 Å². The Kier molecular flexibility index (Phi) is 5.44. The number of carbonyl (C=O) groups excluding carboxylic acids is 3. The fourth-order valence-corrected chi connectivity index (χ4v) is 3.79. The number of methoxy groups -OCH3 is 2. The van der Waals surface area contributed by atoms with Gasteiger partial charge in [0.1, 0.15) is 12.1 Å². The molecule has 0 saturated carbocycles. The molecule has 8 nitrogen and oxygen atoms in total. The smallest absolute Gasteiger partial charge is 0.325 e. The number of amides is 4. The van der Waals surface area contributed by atoms with Gasteiger partial charge in [-0.15, -0.1) is 0 Å². The maximum Gasteiger partial charge on any atom is 0.325 e. The molecule has 1 aliphatic heterocycles. The molecular weight excluding hydrogens is 410 g/mol. The average Bonchev–Trinajstić information content (AvgIpc) is 3.02. The first-order valence-corrected chi connectivity index (χ1v) is 10.0. The van der Waals surface area contributed by atoms with Crippen molar-refractivity contribution in [3.8, 4) is 11.5 Å². The van der Waals surface area contributed by atoms with Crippen LogP contribution in [0.15, 0.2) is 60.7 Å². The van der Waals surface area contributed by atoms with Crippen molar-refractivity contribution in [1.82, 2.24) is 10.2 Å². The first-order valence-electron chi connectivity index (χ1n) is 10.0. The lowest BCUT2D eigenvalue weighted by atomic mass is 9.91. The van der Waals surface area contributed by atoms with E-state index in [1.165, 1.54) is 14.2 Å². The van der Waals surface area contributed by atoms with E-state index in [0.29, 0.717) is 22.7 Å². The van der Waals surface area contributed by atoms with Gasteiger partial charge in [0.2, 0.25) is 5.91 Å². The zero-order valence-electron chi connectivity index (χ0n) is 18.0. The highest BCUT2D eigenvalue weighted by atomic mass is 16.5. The number of rotatable bonds is 6. The van der Waals surface area contributed by atoms with Crippen LogP contribution in [0, 0.1) is 0 Å². The van der Waals surface area contributed by atoms with Crippen molar-refractivity contribution in [2.24, 2.45) is 0 Å². The van der Waals surface area contributed by atoms with Crippen LogP contribution in [-0.2, 0) is 15.1 Å². The maximum absolute atomic E-state index is 13.1. The Morgan fingerprint density at radius 3 is 2.41 bits per heavy atom. The summed E-state index contributed by atoms with van der Waals surface area (Å²) in [6.07, 6.45) is 0. The van der Waals surface area contributed by atoms with Crippen molar-refractivity contribution < 1.29 is 23.9 Å². The number of imide groups is 1. The van der Waals surface area contributed by atoms with Gasteiger partial charge in [0.15, 0.2) is 11.5 Å². The van der Waals surface area contributed by atoms with Crippen LogP contribution in [0.4, 0.5) is 10.5 Å². The normalized spacial score (nSPS) is 17.9. The Morgan fingerprint density at radius 2 is 1.69 bits per heavy atom. The van der Waals surface area contributed by atoms with Crippen LogP contribution >= 0.6 is 0 Å². The summed E-state index contributed by atoms with van der Waals surface area (Å²) in [4.78, 5) is 39.2. The molecule has 1 aliphatic rings. The maximum atomic E-state index is 13.1. The predicted molar refractivity (Wildman–Crippen MR) is 120 cm³/mol. The quantitative estimate of drug-likeness (QED) is 0.582. The Bertz CT molecular complexity index is 1230. The van der Waals surface area contributed by atoms with Crippen LogP contribution in [0.1, 0.15) is 12.5 Å². The average molecular weight is 433 g/mol. The van der Waals surface area contributed by atoms with Gasteiger partial charge < -0.3 is 20.1 Å². The van der Waals surface area contributed by atoms with Crippen molar-refractivity contribution >= 4 is 34.3 Å². The van der Waals surface area contributed by atoms with E-state index in [4.69, 9.17) is 9.47 Å².